The number of rotatable bonds is 0. The first-order valence-electron chi connectivity index (χ1n) is 6.19. The van der Waals surface area contributed by atoms with Crippen molar-refractivity contribution in [2.24, 2.45) is 0 Å². The molecule has 0 spiro atoms. The van der Waals surface area contributed by atoms with Crippen LogP contribution in [-0.2, 0) is 0 Å². The fourth-order valence-electron chi connectivity index (χ4n) is 1.79. The van der Waals surface area contributed by atoms with E-state index in [-0.39, 0.29) is 0 Å². The molecule has 0 aliphatic carbocycles. The Bertz CT molecular complexity index is 769. The van der Waals surface area contributed by atoms with Crippen LogP contribution < -0.4 is 4.85 Å². The molecule has 0 aliphatic heterocycles. The van der Waals surface area contributed by atoms with Gasteiger partial charge < -0.3 is 5.21 Å². The molecule has 14 heteroatoms. The van der Waals surface area contributed by atoms with Crippen LogP contribution >= 0.6 is 7.81 Å². The Hall–Kier alpha value is -2.17. The van der Waals surface area contributed by atoms with Crippen molar-refractivity contribution in [2.45, 2.75) is 0 Å². The van der Waals surface area contributed by atoms with Crippen LogP contribution in [0.4, 0.5) is 25.2 Å². The minimum atomic E-state index is -10.7. The maximum absolute atomic E-state index is 11.6. The van der Waals surface area contributed by atoms with Crippen LogP contribution in [0.1, 0.15) is 0 Å². The summed E-state index contributed by atoms with van der Waals surface area (Å²) in [5.74, 6) is 0.767. The Balaban J connectivity index is 0.000000351. The van der Waals surface area contributed by atoms with Gasteiger partial charge in [0.25, 0.3) is 5.65 Å². The van der Waals surface area contributed by atoms with Gasteiger partial charge in [0, 0.05) is 6.20 Å². The molecule has 0 N–H and O–H groups in total. The van der Waals surface area contributed by atoms with Crippen molar-refractivity contribution in [2.75, 3.05) is 28.2 Å². The predicted octanol–water partition coefficient (Wildman–Crippen LogP) is 2.48. The quantitative estimate of drug-likeness (QED) is 0.176. The van der Waals surface area contributed by atoms with Crippen molar-refractivity contribution in [3.8, 4) is 0 Å². The Labute approximate surface area is 132 Å². The van der Waals surface area contributed by atoms with Crippen molar-refractivity contribution in [1.29, 1.82) is 0 Å². The first kappa shape index (κ1) is 19.9. The summed E-state index contributed by atoms with van der Waals surface area (Å²) in [6.07, 6.45) is 1.64. The van der Waals surface area contributed by atoms with Gasteiger partial charge in [0.1, 0.15) is 0 Å². The van der Waals surface area contributed by atoms with E-state index in [0.29, 0.717) is 16.0 Å². The van der Waals surface area contributed by atoms with Gasteiger partial charge >= 0.3 is 38.9 Å². The molecule has 0 aliphatic rings. The first-order valence-corrected chi connectivity index (χ1v) is 8.22. The molecule has 24 heavy (non-hydrogen) atoms. The second-order valence-corrected chi connectivity index (χ2v) is 6.98. The summed E-state index contributed by atoms with van der Waals surface area (Å²) in [6, 6.07) is 3.41. The van der Waals surface area contributed by atoms with E-state index < -0.39 is 7.81 Å². The van der Waals surface area contributed by atoms with Crippen molar-refractivity contribution in [3.05, 3.63) is 23.5 Å². The maximum atomic E-state index is 11.6. The van der Waals surface area contributed by atoms with E-state index in [1.54, 1.807) is 18.3 Å². The average Bonchev–Trinajstić information content (AvgIpc) is 2.63. The summed E-state index contributed by atoms with van der Waals surface area (Å²) in [6.45, 7) is 0. The zero-order chi connectivity index (χ0) is 19.0. The molecular formula is C10H15F6N6OP. The molecule has 7 nitrogen and oxygen atoms in total. The summed E-state index contributed by atoms with van der Waals surface area (Å²) in [5.41, 5.74) is 0.994. The van der Waals surface area contributed by atoms with Gasteiger partial charge in [-0.1, -0.05) is 0 Å². The summed E-state index contributed by atoms with van der Waals surface area (Å²) in [5, 5.41) is 15.6. The molecule has 2 rings (SSSR count). The minimum absolute atomic E-state index is 0.453. The van der Waals surface area contributed by atoms with Crippen molar-refractivity contribution in [3.63, 3.8) is 0 Å². The number of pyridine rings is 1. The number of nitrogens with zero attached hydrogens (tertiary/aromatic N) is 6. The third kappa shape index (κ3) is 6.52. The fourth-order valence-corrected chi connectivity index (χ4v) is 1.79. The second kappa shape index (κ2) is 5.43. The molecule has 0 amide bonds. The van der Waals surface area contributed by atoms with Gasteiger partial charge in [-0.3, -0.25) is 9.48 Å². The van der Waals surface area contributed by atoms with E-state index in [1.165, 1.54) is 4.68 Å². The van der Waals surface area contributed by atoms with Crippen LogP contribution in [0.15, 0.2) is 18.3 Å². The second-order valence-electron chi connectivity index (χ2n) is 5.07. The number of halogens is 6. The Kier molecular flexibility index (Phi) is 4.50. The normalized spacial score (nSPS) is 14.2. The van der Waals surface area contributed by atoms with Gasteiger partial charge in [-0.15, -0.1) is 4.85 Å². The zero-order valence-electron chi connectivity index (χ0n) is 13.0. The van der Waals surface area contributed by atoms with E-state index in [2.05, 4.69) is 10.2 Å². The van der Waals surface area contributed by atoms with Crippen molar-refractivity contribution >= 4 is 24.9 Å². The molecule has 0 fully saturated rings. The summed E-state index contributed by atoms with van der Waals surface area (Å²) >= 11 is 0. The Morgan fingerprint density at radius 1 is 1.21 bits per heavy atom. The van der Waals surface area contributed by atoms with E-state index in [0.717, 1.165) is 5.96 Å². The van der Waals surface area contributed by atoms with Crippen molar-refractivity contribution in [1.82, 2.24) is 19.8 Å². The van der Waals surface area contributed by atoms with Gasteiger partial charge in [0.05, 0.1) is 33.4 Å². The summed E-state index contributed by atoms with van der Waals surface area (Å²) in [4.78, 5) is 6.65. The third-order valence-electron chi connectivity index (χ3n) is 2.33. The van der Waals surface area contributed by atoms with Gasteiger partial charge in [0.2, 0.25) is 5.52 Å². The van der Waals surface area contributed by atoms with E-state index in [9.17, 15) is 30.4 Å². The van der Waals surface area contributed by atoms with Crippen LogP contribution in [0.3, 0.4) is 0 Å². The van der Waals surface area contributed by atoms with Gasteiger partial charge in [-0.2, -0.15) is 0 Å². The average molecular weight is 380 g/mol. The number of fused-ring (bicyclic) bond motifs is 1. The van der Waals surface area contributed by atoms with E-state index in [1.807, 2.05) is 37.7 Å². The standard InChI is InChI=1S/C10H15N6O.F6P/c1-13(2)10(14(3)4)15-9-8(16(17)12-15)6-5-7-11-9;1-7(2,3,4,5)6/h5-7H,1-4H3;/q+1;-1. The van der Waals surface area contributed by atoms with Crippen LogP contribution in [0.25, 0.3) is 11.2 Å². The van der Waals surface area contributed by atoms with Gasteiger partial charge in [-0.05, 0) is 16.8 Å². The van der Waals surface area contributed by atoms with Gasteiger partial charge in [0.15, 0.2) is 0 Å². The molecule has 0 unspecified atom stereocenters. The van der Waals surface area contributed by atoms with E-state index >= 15 is 0 Å². The fraction of sp³-hybridized carbons (Fsp3) is 0.400. The van der Waals surface area contributed by atoms with Crippen LogP contribution in [-0.4, -0.2) is 58.5 Å². The summed E-state index contributed by atoms with van der Waals surface area (Å²) in [7, 11) is -3.10. The molecule has 0 saturated carbocycles. The molecule has 0 bridgehead atoms. The molecular weight excluding hydrogens is 365 g/mol. The molecule has 0 atom stereocenters. The first-order chi connectivity index (χ1) is 10.5. The van der Waals surface area contributed by atoms with Crippen LogP contribution in [0.5, 0.6) is 0 Å². The molecule has 0 saturated heterocycles. The molecule has 0 radical (unpaired) electrons. The number of hydrogen-bond donors (Lipinski definition) is 0. The Morgan fingerprint density at radius 3 is 2.12 bits per heavy atom. The molecule has 138 valence electrons. The zero-order valence-corrected chi connectivity index (χ0v) is 13.9. The number of aromatic nitrogens is 4. The third-order valence-corrected chi connectivity index (χ3v) is 2.33. The monoisotopic (exact) mass is 380 g/mol. The van der Waals surface area contributed by atoms with Crippen molar-refractivity contribution < 1.29 is 34.6 Å². The molecule has 2 aromatic heterocycles. The Morgan fingerprint density at radius 2 is 1.71 bits per heavy atom. The van der Waals surface area contributed by atoms with E-state index in [4.69, 9.17) is 0 Å². The number of hydrogen-bond acceptors (Lipinski definition) is 3. The predicted molar refractivity (Wildman–Crippen MR) is 76.3 cm³/mol. The molecule has 2 heterocycles. The summed E-state index contributed by atoms with van der Waals surface area (Å²) < 4.78 is 62.6. The topological polar surface area (TPSA) is 63.9 Å². The van der Waals surface area contributed by atoms with Gasteiger partial charge in [-0.25, -0.2) is 4.98 Å². The molecule has 0 aromatic carbocycles. The SMILES string of the molecule is CN(C)C(n1n[n+]([O-])c2cccnc21)=[N+](C)C.F[P-](F)(F)(F)(F)F. The van der Waals surface area contributed by atoms with Crippen LogP contribution in [0, 0.1) is 5.21 Å². The molecule has 2 aromatic rings. The van der Waals surface area contributed by atoms with Crippen LogP contribution in [0.2, 0.25) is 0 Å².